The summed E-state index contributed by atoms with van der Waals surface area (Å²) in [6, 6.07) is 8.89. The number of rotatable bonds is 7. The summed E-state index contributed by atoms with van der Waals surface area (Å²) in [6.45, 7) is 5.72. The van der Waals surface area contributed by atoms with Gasteiger partial charge in [-0.1, -0.05) is 6.07 Å². The molecule has 3 aromatic rings. The molecule has 0 aliphatic rings. The van der Waals surface area contributed by atoms with Crippen LogP contribution in [0.15, 0.2) is 34.7 Å². The van der Waals surface area contributed by atoms with Crippen LogP contribution in [0.1, 0.15) is 53.0 Å². The molecule has 3 rings (SSSR count). The van der Waals surface area contributed by atoms with E-state index in [0.717, 1.165) is 16.9 Å². The smallest absolute Gasteiger partial charge is 0.341 e. The Hall–Kier alpha value is -3.59. The van der Waals surface area contributed by atoms with Crippen molar-refractivity contribution in [1.82, 2.24) is 0 Å². The predicted octanol–water partition coefficient (Wildman–Crippen LogP) is 3.98. The second kappa shape index (κ2) is 9.05. The monoisotopic (exact) mass is 442 g/mol. The topological polar surface area (TPSA) is 121 Å². The molecule has 31 heavy (non-hydrogen) atoms. The van der Waals surface area contributed by atoms with E-state index in [1.54, 1.807) is 13.0 Å². The second-order valence-electron chi connectivity index (χ2n) is 6.87. The van der Waals surface area contributed by atoms with Gasteiger partial charge in [-0.3, -0.25) is 9.59 Å². The average molecular weight is 442 g/mol. The van der Waals surface area contributed by atoms with Crippen molar-refractivity contribution in [3.63, 3.8) is 0 Å². The summed E-state index contributed by atoms with van der Waals surface area (Å²) < 4.78 is 16.0. The quantitative estimate of drug-likeness (QED) is 0.534. The Morgan fingerprint density at radius 3 is 2.48 bits per heavy atom. The Balaban J connectivity index is 1.74. The third-order valence-electron chi connectivity index (χ3n) is 4.73. The lowest BCUT2D eigenvalue weighted by Gasteiger charge is -2.07. The van der Waals surface area contributed by atoms with Gasteiger partial charge >= 0.3 is 5.97 Å². The summed E-state index contributed by atoms with van der Waals surface area (Å²) in [5.41, 5.74) is 8.07. The Kier molecular flexibility index (Phi) is 6.45. The largest absolute Gasteiger partial charge is 0.486 e. The van der Waals surface area contributed by atoms with Gasteiger partial charge < -0.3 is 24.9 Å². The Morgan fingerprint density at radius 2 is 1.84 bits per heavy atom. The van der Waals surface area contributed by atoms with Crippen LogP contribution in [-0.4, -0.2) is 24.9 Å². The predicted molar refractivity (Wildman–Crippen MR) is 116 cm³/mol. The number of nitrogens with one attached hydrogen (secondary N) is 1. The number of thiophene rings is 1. The van der Waals surface area contributed by atoms with E-state index in [-0.39, 0.29) is 27.8 Å². The van der Waals surface area contributed by atoms with Gasteiger partial charge in [-0.15, -0.1) is 11.3 Å². The van der Waals surface area contributed by atoms with E-state index < -0.39 is 17.8 Å². The highest BCUT2D eigenvalue weighted by Crippen LogP contribution is 2.34. The Bertz CT molecular complexity index is 1160. The van der Waals surface area contributed by atoms with Gasteiger partial charge in [0.1, 0.15) is 23.1 Å². The fraction of sp³-hybridized carbons (Fsp3) is 0.227. The lowest BCUT2D eigenvalue weighted by atomic mass is 10.1. The molecule has 2 aromatic heterocycles. The summed E-state index contributed by atoms with van der Waals surface area (Å²) in [5, 5.41) is 2.76. The van der Waals surface area contributed by atoms with Gasteiger partial charge in [0.15, 0.2) is 5.76 Å². The maximum atomic E-state index is 12.6. The van der Waals surface area contributed by atoms with E-state index >= 15 is 0 Å². The Morgan fingerprint density at radius 1 is 1.10 bits per heavy atom. The van der Waals surface area contributed by atoms with Crippen molar-refractivity contribution in [3.8, 4) is 5.75 Å². The maximum Gasteiger partial charge on any atom is 0.341 e. The molecule has 0 aliphatic carbocycles. The van der Waals surface area contributed by atoms with E-state index in [2.05, 4.69) is 5.32 Å². The van der Waals surface area contributed by atoms with Gasteiger partial charge in [0.05, 0.1) is 17.6 Å². The number of esters is 1. The highest BCUT2D eigenvalue weighted by atomic mass is 32.1. The third kappa shape index (κ3) is 4.77. The highest BCUT2D eigenvalue weighted by Gasteiger charge is 2.26. The number of benzene rings is 1. The number of ether oxygens (including phenoxy) is 2. The first-order valence-corrected chi connectivity index (χ1v) is 10.1. The van der Waals surface area contributed by atoms with Gasteiger partial charge in [-0.05, 0) is 61.7 Å². The van der Waals surface area contributed by atoms with E-state index in [4.69, 9.17) is 19.6 Å². The Labute approximate surface area is 183 Å². The van der Waals surface area contributed by atoms with Crippen molar-refractivity contribution in [1.29, 1.82) is 0 Å². The molecule has 0 fully saturated rings. The number of methoxy groups -OCH3 is 1. The molecule has 3 N–H and O–H groups in total. The van der Waals surface area contributed by atoms with E-state index in [1.807, 2.05) is 32.0 Å². The van der Waals surface area contributed by atoms with Crippen molar-refractivity contribution in [2.24, 2.45) is 5.73 Å². The number of hydrogen-bond donors (Lipinski definition) is 2. The molecule has 1 aromatic carbocycles. The minimum absolute atomic E-state index is 0.0289. The van der Waals surface area contributed by atoms with E-state index in [1.165, 1.54) is 18.7 Å². The van der Waals surface area contributed by atoms with Crippen molar-refractivity contribution in [2.45, 2.75) is 27.4 Å². The molecule has 0 radical (unpaired) electrons. The van der Waals surface area contributed by atoms with Crippen LogP contribution in [0.25, 0.3) is 0 Å². The molecular weight excluding hydrogens is 420 g/mol. The summed E-state index contributed by atoms with van der Waals surface area (Å²) >= 11 is 0.904. The normalized spacial score (nSPS) is 10.6. The first-order chi connectivity index (χ1) is 14.7. The molecule has 0 bridgehead atoms. The number of carbonyl (C=O) groups excluding carboxylic acids is 3. The number of anilines is 1. The van der Waals surface area contributed by atoms with Crippen LogP contribution in [0.2, 0.25) is 0 Å². The fourth-order valence-electron chi connectivity index (χ4n) is 2.88. The molecule has 162 valence electrons. The van der Waals surface area contributed by atoms with Crippen molar-refractivity contribution in [3.05, 3.63) is 69.0 Å². The molecule has 0 spiro atoms. The van der Waals surface area contributed by atoms with Crippen LogP contribution in [0.4, 0.5) is 5.00 Å². The number of hydrogen-bond acceptors (Lipinski definition) is 7. The standard InChI is InChI=1S/C22H22N2O6S/c1-11-5-6-14(9-12(11)2)29-10-15-7-8-16(30-15)20(26)24-21-17(22(27)28-4)13(3)18(31-21)19(23)25/h5-9H,10H2,1-4H3,(H2,23,25)(H,24,26). The van der Waals surface area contributed by atoms with Crippen LogP contribution in [0.5, 0.6) is 5.75 Å². The summed E-state index contributed by atoms with van der Waals surface area (Å²) in [5.74, 6) is -0.783. The van der Waals surface area contributed by atoms with Crippen LogP contribution in [-0.2, 0) is 11.3 Å². The van der Waals surface area contributed by atoms with Gasteiger partial charge in [-0.2, -0.15) is 0 Å². The molecule has 0 saturated carbocycles. The lowest BCUT2D eigenvalue weighted by Crippen LogP contribution is -2.14. The number of primary amides is 1. The molecule has 0 unspecified atom stereocenters. The van der Waals surface area contributed by atoms with E-state index in [0.29, 0.717) is 17.1 Å². The molecule has 8 nitrogen and oxygen atoms in total. The third-order valence-corrected chi connectivity index (χ3v) is 5.95. The molecule has 2 heterocycles. The van der Waals surface area contributed by atoms with Gasteiger partial charge in [0.2, 0.25) is 0 Å². The minimum atomic E-state index is -0.697. The summed E-state index contributed by atoms with van der Waals surface area (Å²) in [4.78, 5) is 36.5. The van der Waals surface area contributed by atoms with Gasteiger partial charge in [0, 0.05) is 0 Å². The second-order valence-corrected chi connectivity index (χ2v) is 7.89. The van der Waals surface area contributed by atoms with Crippen molar-refractivity contribution in [2.75, 3.05) is 12.4 Å². The maximum absolute atomic E-state index is 12.6. The van der Waals surface area contributed by atoms with Crippen LogP contribution >= 0.6 is 11.3 Å². The van der Waals surface area contributed by atoms with Crippen LogP contribution in [0.3, 0.4) is 0 Å². The fourth-order valence-corrected chi connectivity index (χ4v) is 3.93. The lowest BCUT2D eigenvalue weighted by molar-refractivity contribution is 0.0601. The molecule has 2 amide bonds. The molecular formula is C22H22N2O6S. The van der Waals surface area contributed by atoms with Crippen molar-refractivity contribution >= 4 is 34.1 Å². The molecule has 0 saturated heterocycles. The molecule has 0 atom stereocenters. The zero-order valence-electron chi connectivity index (χ0n) is 17.5. The van der Waals surface area contributed by atoms with Gasteiger partial charge in [-0.25, -0.2) is 4.79 Å². The number of carbonyl (C=O) groups is 3. The minimum Gasteiger partial charge on any atom is -0.486 e. The average Bonchev–Trinajstić information content (AvgIpc) is 3.33. The summed E-state index contributed by atoms with van der Waals surface area (Å²) in [7, 11) is 1.21. The first-order valence-electron chi connectivity index (χ1n) is 9.32. The summed E-state index contributed by atoms with van der Waals surface area (Å²) in [6.07, 6.45) is 0. The number of aryl methyl sites for hydroxylation is 2. The highest BCUT2D eigenvalue weighted by molar-refractivity contribution is 7.18. The van der Waals surface area contributed by atoms with Crippen molar-refractivity contribution < 1.29 is 28.3 Å². The van der Waals surface area contributed by atoms with E-state index in [9.17, 15) is 14.4 Å². The molecule has 9 heteroatoms. The number of amides is 2. The number of furan rings is 1. The zero-order chi connectivity index (χ0) is 22.7. The zero-order valence-corrected chi connectivity index (χ0v) is 18.3. The van der Waals surface area contributed by atoms with Gasteiger partial charge in [0.25, 0.3) is 11.8 Å². The molecule has 0 aliphatic heterocycles. The van der Waals surface area contributed by atoms with Crippen LogP contribution < -0.4 is 15.8 Å². The number of nitrogens with two attached hydrogens (primary N) is 1. The van der Waals surface area contributed by atoms with Crippen LogP contribution in [0, 0.1) is 20.8 Å². The SMILES string of the molecule is COC(=O)c1c(NC(=O)c2ccc(COc3ccc(C)c(C)c3)o2)sc(C(N)=O)c1C. The first kappa shape index (κ1) is 22.1.